The number of carbonyl (C=O) groups is 2. The molecular weight excluding hydrogens is 617 g/mol. The van der Waals surface area contributed by atoms with E-state index in [-0.39, 0.29) is 11.8 Å². The average molecular weight is 671 g/mol. The van der Waals surface area contributed by atoms with Crippen molar-refractivity contribution in [3.8, 4) is 11.1 Å². The van der Waals surface area contributed by atoms with Crippen molar-refractivity contribution >= 4 is 17.5 Å². The second kappa shape index (κ2) is 10.8. The second-order valence-electron chi connectivity index (χ2n) is 18.5. The molecule has 10 aliphatic rings. The van der Waals surface area contributed by atoms with Gasteiger partial charge < -0.3 is 14.7 Å². The Labute approximate surface area is 297 Å². The van der Waals surface area contributed by atoms with Gasteiger partial charge in [-0.1, -0.05) is 68.1 Å². The summed E-state index contributed by atoms with van der Waals surface area (Å²) in [6.45, 7) is 0. The summed E-state index contributed by atoms with van der Waals surface area (Å²) in [4.78, 5) is 41.5. The Hall–Kier alpha value is -2.86. The summed E-state index contributed by atoms with van der Waals surface area (Å²) in [5.74, 6) is 3.86. The molecule has 5 aliphatic heterocycles. The summed E-state index contributed by atoms with van der Waals surface area (Å²) < 4.78 is 0. The number of fused-ring (bicyclic) bond motifs is 6. The zero-order valence-corrected chi connectivity index (χ0v) is 29.6. The molecule has 6 nitrogen and oxygen atoms in total. The topological polar surface area (TPSA) is 47.1 Å². The highest BCUT2D eigenvalue weighted by atomic mass is 16.2. The third-order valence-electron chi connectivity index (χ3n) is 16.9. The lowest BCUT2D eigenvalue weighted by Gasteiger charge is -2.78. The normalized spacial score (nSPS) is 46.9. The van der Waals surface area contributed by atoms with Crippen LogP contribution >= 0.6 is 0 Å². The molecule has 14 atom stereocenters. The Balaban J connectivity index is 1.06. The fraction of sp³-hybridized carbons (Fsp3) is 0.682. The highest BCUT2D eigenvalue weighted by Gasteiger charge is 2.74. The van der Waals surface area contributed by atoms with Crippen LogP contribution in [0.2, 0.25) is 0 Å². The van der Waals surface area contributed by atoms with Gasteiger partial charge >= 0.3 is 0 Å². The van der Waals surface area contributed by atoms with Crippen molar-refractivity contribution in [3.63, 3.8) is 0 Å². The number of nitrogens with zero attached hydrogens (tertiary/aromatic N) is 4. The van der Waals surface area contributed by atoms with Gasteiger partial charge in [0, 0.05) is 41.7 Å². The molecule has 5 saturated heterocycles. The van der Waals surface area contributed by atoms with Crippen LogP contribution in [-0.2, 0) is 9.59 Å². The first-order chi connectivity index (χ1) is 24.7. The van der Waals surface area contributed by atoms with E-state index in [1.807, 2.05) is 0 Å². The zero-order valence-electron chi connectivity index (χ0n) is 29.6. The van der Waals surface area contributed by atoms with Crippen molar-refractivity contribution in [3.05, 3.63) is 54.6 Å². The Kier molecular flexibility index (Phi) is 6.44. The minimum atomic E-state index is 0.234. The molecular formula is C44H54N4O2. The molecule has 0 bridgehead atoms. The lowest BCUT2D eigenvalue weighted by atomic mass is 9.50. The quantitative estimate of drug-likeness (QED) is 0.342. The van der Waals surface area contributed by atoms with Gasteiger partial charge in [0.05, 0.1) is 30.2 Å². The molecule has 0 N–H and O–H groups in total. The number of benzene rings is 2. The number of hydrogen-bond acceptors (Lipinski definition) is 4. The largest absolute Gasteiger partial charge is 0.362 e. The number of amides is 2. The number of anilines is 1. The first kappa shape index (κ1) is 29.7. The highest BCUT2D eigenvalue weighted by molar-refractivity contribution is 5.84. The smallest absolute Gasteiger partial charge is 0.226 e. The van der Waals surface area contributed by atoms with Crippen molar-refractivity contribution in [1.29, 1.82) is 0 Å². The Bertz CT molecular complexity index is 1630. The molecule has 5 saturated carbocycles. The van der Waals surface area contributed by atoms with E-state index in [1.165, 1.54) is 87.4 Å². The standard InChI is InChI=1S/C44H54N4O2/c49-43-30-17-6-4-15-28(30)32-24-33-29-16-5-7-18-31(29)44(50)47-37-22-10-20-35-41(37)48-40-34(19-9-21-36(40)46(43)38(32)42(48)39(33)47)45(35)27-14-8-13-26(23-27)25-11-2-1-3-12-25/h1-3,8,11-14,23,28-42H,4-7,9-10,15-22,24H2. The molecule has 0 aromatic heterocycles. The van der Waals surface area contributed by atoms with Crippen LogP contribution < -0.4 is 4.90 Å². The molecule has 5 aliphatic carbocycles. The van der Waals surface area contributed by atoms with E-state index in [1.54, 1.807) is 0 Å². The maximum Gasteiger partial charge on any atom is 0.226 e. The number of rotatable bonds is 2. The van der Waals surface area contributed by atoms with Gasteiger partial charge in [-0.25, -0.2) is 0 Å². The molecule has 0 spiro atoms. The molecule has 12 rings (SSSR count). The van der Waals surface area contributed by atoms with Crippen molar-refractivity contribution in [2.75, 3.05) is 4.90 Å². The van der Waals surface area contributed by atoms with E-state index in [2.05, 4.69) is 74.2 Å². The van der Waals surface area contributed by atoms with Crippen LogP contribution in [0.3, 0.4) is 0 Å². The van der Waals surface area contributed by atoms with Crippen LogP contribution in [0.4, 0.5) is 5.69 Å². The molecule has 2 amide bonds. The van der Waals surface area contributed by atoms with Gasteiger partial charge in [-0.3, -0.25) is 14.5 Å². The van der Waals surface area contributed by atoms with E-state index < -0.39 is 0 Å². The van der Waals surface area contributed by atoms with E-state index in [0.29, 0.717) is 89.9 Å². The Morgan fingerprint density at radius 2 is 0.960 bits per heavy atom. The van der Waals surface area contributed by atoms with Crippen molar-refractivity contribution in [2.24, 2.45) is 35.5 Å². The van der Waals surface area contributed by atoms with E-state index in [9.17, 15) is 0 Å². The SMILES string of the molecule is O=C1C2CCCCC2C2CC3C4CCCCC4C(=O)N4C5CCCC6C5N5C(C2N1C1CCCC(C15)N6c1cccc(-c2ccccc2)c1)C34. The van der Waals surface area contributed by atoms with Gasteiger partial charge in [0.25, 0.3) is 0 Å². The van der Waals surface area contributed by atoms with Crippen LogP contribution in [0.1, 0.15) is 96.3 Å². The fourth-order valence-corrected chi connectivity index (χ4v) is 15.6. The van der Waals surface area contributed by atoms with Crippen LogP contribution in [0.25, 0.3) is 11.1 Å². The third kappa shape index (κ3) is 3.75. The Morgan fingerprint density at radius 3 is 1.54 bits per heavy atom. The van der Waals surface area contributed by atoms with E-state index in [4.69, 9.17) is 0 Å². The first-order valence-electron chi connectivity index (χ1n) is 21.0. The van der Waals surface area contributed by atoms with Crippen molar-refractivity contribution in [2.45, 2.75) is 151 Å². The molecule has 0 radical (unpaired) electrons. The predicted molar refractivity (Wildman–Crippen MR) is 194 cm³/mol. The van der Waals surface area contributed by atoms with Crippen molar-refractivity contribution < 1.29 is 9.59 Å². The summed E-state index contributed by atoms with van der Waals surface area (Å²) in [6.07, 6.45) is 18.2. The monoisotopic (exact) mass is 670 g/mol. The number of piperazine rings is 3. The third-order valence-corrected chi connectivity index (χ3v) is 16.9. The van der Waals surface area contributed by atoms with Crippen molar-refractivity contribution in [1.82, 2.24) is 14.7 Å². The molecule has 14 unspecified atom stereocenters. The Morgan fingerprint density at radius 1 is 0.440 bits per heavy atom. The second-order valence-corrected chi connectivity index (χ2v) is 18.5. The van der Waals surface area contributed by atoms with Crippen LogP contribution in [-0.4, -0.2) is 80.9 Å². The summed E-state index contributed by atoms with van der Waals surface area (Å²) in [5, 5.41) is 0. The minimum absolute atomic E-state index is 0.234. The van der Waals surface area contributed by atoms with Gasteiger partial charge in [0.1, 0.15) is 0 Å². The summed E-state index contributed by atoms with van der Waals surface area (Å²) in [6, 6.07) is 23.4. The molecule has 6 heteroatoms. The van der Waals surface area contributed by atoms with E-state index in [0.717, 1.165) is 25.7 Å². The maximum atomic E-state index is 15.1. The lowest BCUT2D eigenvalue weighted by Crippen LogP contribution is -2.93. The first-order valence-corrected chi connectivity index (χ1v) is 21.0. The minimum Gasteiger partial charge on any atom is -0.362 e. The molecule has 262 valence electrons. The van der Waals surface area contributed by atoms with Crippen LogP contribution in [0.15, 0.2) is 54.6 Å². The molecule has 50 heavy (non-hydrogen) atoms. The fourth-order valence-electron chi connectivity index (χ4n) is 15.6. The van der Waals surface area contributed by atoms with Gasteiger partial charge in [-0.05, 0) is 118 Å². The molecule has 2 aromatic rings. The summed E-state index contributed by atoms with van der Waals surface area (Å²) in [7, 11) is 0. The zero-order chi connectivity index (χ0) is 32.8. The maximum absolute atomic E-state index is 15.1. The van der Waals surface area contributed by atoms with Gasteiger partial charge in [-0.15, -0.1) is 0 Å². The predicted octanol–water partition coefficient (Wildman–Crippen LogP) is 7.12. The summed E-state index contributed by atoms with van der Waals surface area (Å²) >= 11 is 0. The molecule has 5 heterocycles. The van der Waals surface area contributed by atoms with E-state index >= 15 is 9.59 Å². The number of hydrogen-bond donors (Lipinski definition) is 0. The average Bonchev–Trinajstić information content (AvgIpc) is 3.17. The van der Waals surface area contributed by atoms with Crippen LogP contribution in [0.5, 0.6) is 0 Å². The summed E-state index contributed by atoms with van der Waals surface area (Å²) in [5.41, 5.74) is 3.93. The molecule has 2 aromatic carbocycles. The van der Waals surface area contributed by atoms with Crippen LogP contribution in [0, 0.1) is 35.5 Å². The lowest BCUT2D eigenvalue weighted by molar-refractivity contribution is -0.258. The van der Waals surface area contributed by atoms with Gasteiger partial charge in [0.2, 0.25) is 11.8 Å². The molecule has 10 fully saturated rings. The van der Waals surface area contributed by atoms with Gasteiger partial charge in [-0.2, -0.15) is 0 Å². The highest BCUT2D eigenvalue weighted by Crippen LogP contribution is 2.63. The van der Waals surface area contributed by atoms with Gasteiger partial charge in [0.15, 0.2) is 0 Å². The number of carbonyl (C=O) groups excluding carboxylic acids is 2. The number of piperidine rings is 2.